The highest BCUT2D eigenvalue weighted by molar-refractivity contribution is 6.05. The fourth-order valence-corrected chi connectivity index (χ4v) is 2.49. The Bertz CT molecular complexity index is 864. The standard InChI is InChI=1S/C19H17NO4/c1-23-19(22)14-8-6-13(7-9-14)10-11-20-18(21)16-12-24-17-5-3-2-4-15(16)17/h2-9,12H,10-11H2,1H3,(H,20,21). The van der Waals surface area contributed by atoms with Gasteiger partial charge in [-0.1, -0.05) is 30.3 Å². The monoisotopic (exact) mass is 323 g/mol. The fourth-order valence-electron chi connectivity index (χ4n) is 2.49. The van der Waals surface area contributed by atoms with Gasteiger partial charge in [0.1, 0.15) is 11.8 Å². The summed E-state index contributed by atoms with van der Waals surface area (Å²) < 4.78 is 10.0. The summed E-state index contributed by atoms with van der Waals surface area (Å²) in [4.78, 5) is 23.6. The Morgan fingerprint density at radius 1 is 1.08 bits per heavy atom. The molecule has 0 bridgehead atoms. The lowest BCUT2D eigenvalue weighted by atomic mass is 10.1. The molecule has 3 aromatic rings. The number of rotatable bonds is 5. The second-order valence-corrected chi connectivity index (χ2v) is 5.34. The molecular formula is C19H17NO4. The Hall–Kier alpha value is -3.08. The zero-order valence-corrected chi connectivity index (χ0v) is 13.2. The van der Waals surface area contributed by atoms with Crippen LogP contribution in [0.25, 0.3) is 11.0 Å². The summed E-state index contributed by atoms with van der Waals surface area (Å²) in [5.41, 5.74) is 2.77. The van der Waals surface area contributed by atoms with Gasteiger partial charge in [0.25, 0.3) is 5.91 Å². The number of nitrogens with one attached hydrogen (secondary N) is 1. The van der Waals surface area contributed by atoms with Gasteiger partial charge in [-0.15, -0.1) is 0 Å². The van der Waals surface area contributed by atoms with E-state index in [4.69, 9.17) is 4.42 Å². The van der Waals surface area contributed by atoms with Crippen molar-refractivity contribution in [2.45, 2.75) is 6.42 Å². The van der Waals surface area contributed by atoms with Crippen LogP contribution in [0.2, 0.25) is 0 Å². The molecule has 24 heavy (non-hydrogen) atoms. The van der Waals surface area contributed by atoms with Crippen LogP contribution in [0, 0.1) is 0 Å². The van der Waals surface area contributed by atoms with Crippen molar-refractivity contribution >= 4 is 22.8 Å². The highest BCUT2D eigenvalue weighted by Gasteiger charge is 2.12. The number of ether oxygens (including phenoxy) is 1. The van der Waals surface area contributed by atoms with Crippen LogP contribution in [0.15, 0.2) is 59.2 Å². The summed E-state index contributed by atoms with van der Waals surface area (Å²) in [6.45, 7) is 0.496. The van der Waals surface area contributed by atoms with Crippen LogP contribution in [0.4, 0.5) is 0 Å². The Morgan fingerprint density at radius 3 is 2.58 bits per heavy atom. The Labute approximate surface area is 139 Å². The maximum absolute atomic E-state index is 12.3. The first-order valence-corrected chi connectivity index (χ1v) is 7.60. The molecule has 1 heterocycles. The van der Waals surface area contributed by atoms with Gasteiger partial charge in [0.2, 0.25) is 0 Å². The van der Waals surface area contributed by atoms with Gasteiger partial charge >= 0.3 is 5.97 Å². The molecule has 2 aromatic carbocycles. The third kappa shape index (κ3) is 3.30. The number of methoxy groups -OCH3 is 1. The number of amides is 1. The highest BCUT2D eigenvalue weighted by atomic mass is 16.5. The van der Waals surface area contributed by atoms with Crippen LogP contribution in [0.3, 0.4) is 0 Å². The van der Waals surface area contributed by atoms with E-state index in [1.54, 1.807) is 12.1 Å². The van der Waals surface area contributed by atoms with Crippen molar-refractivity contribution in [1.82, 2.24) is 5.32 Å². The van der Waals surface area contributed by atoms with Crippen molar-refractivity contribution in [3.05, 3.63) is 71.5 Å². The van der Waals surface area contributed by atoms with E-state index < -0.39 is 0 Å². The predicted octanol–water partition coefficient (Wildman–Crippen LogP) is 3.19. The topological polar surface area (TPSA) is 68.5 Å². The van der Waals surface area contributed by atoms with Crippen molar-refractivity contribution in [3.63, 3.8) is 0 Å². The minimum Gasteiger partial charge on any atom is -0.465 e. The third-order valence-electron chi connectivity index (χ3n) is 3.80. The van der Waals surface area contributed by atoms with Crippen molar-refractivity contribution < 1.29 is 18.7 Å². The largest absolute Gasteiger partial charge is 0.465 e. The van der Waals surface area contributed by atoms with E-state index in [-0.39, 0.29) is 11.9 Å². The van der Waals surface area contributed by atoms with Gasteiger partial charge in [-0.3, -0.25) is 4.79 Å². The fraction of sp³-hybridized carbons (Fsp3) is 0.158. The molecule has 1 amide bonds. The molecule has 0 aliphatic heterocycles. The quantitative estimate of drug-likeness (QED) is 0.732. The summed E-state index contributed by atoms with van der Waals surface area (Å²) in [5, 5.41) is 3.69. The van der Waals surface area contributed by atoms with E-state index in [1.807, 2.05) is 36.4 Å². The molecule has 5 nitrogen and oxygen atoms in total. The summed E-state index contributed by atoms with van der Waals surface area (Å²) in [5.74, 6) is -0.521. The lowest BCUT2D eigenvalue weighted by Crippen LogP contribution is -2.25. The SMILES string of the molecule is COC(=O)c1ccc(CCNC(=O)c2coc3ccccc23)cc1. The van der Waals surface area contributed by atoms with Gasteiger partial charge in [0, 0.05) is 11.9 Å². The Morgan fingerprint density at radius 2 is 1.83 bits per heavy atom. The number of esters is 1. The number of carbonyl (C=O) groups excluding carboxylic acids is 2. The first-order valence-electron chi connectivity index (χ1n) is 7.60. The molecule has 0 aliphatic carbocycles. The lowest BCUT2D eigenvalue weighted by molar-refractivity contribution is 0.0600. The Kier molecular flexibility index (Phi) is 4.61. The van der Waals surface area contributed by atoms with Gasteiger partial charge in [-0.25, -0.2) is 4.79 Å². The van der Waals surface area contributed by atoms with Gasteiger partial charge in [0.05, 0.1) is 18.2 Å². The molecule has 0 fully saturated rings. The average Bonchev–Trinajstić information content (AvgIpc) is 3.06. The molecule has 0 saturated heterocycles. The van der Waals surface area contributed by atoms with E-state index in [0.717, 1.165) is 10.9 Å². The van der Waals surface area contributed by atoms with Gasteiger partial charge in [0.15, 0.2) is 0 Å². The molecule has 0 radical (unpaired) electrons. The van der Waals surface area contributed by atoms with Crippen molar-refractivity contribution in [2.24, 2.45) is 0 Å². The number of furan rings is 1. The molecule has 0 spiro atoms. The lowest BCUT2D eigenvalue weighted by Gasteiger charge is -2.05. The molecule has 0 unspecified atom stereocenters. The summed E-state index contributed by atoms with van der Waals surface area (Å²) >= 11 is 0. The van der Waals surface area contributed by atoms with Gasteiger partial charge in [-0.2, -0.15) is 0 Å². The van der Waals surface area contributed by atoms with Crippen LogP contribution in [-0.2, 0) is 11.2 Å². The van der Waals surface area contributed by atoms with Crippen LogP contribution < -0.4 is 5.32 Å². The van der Waals surface area contributed by atoms with E-state index >= 15 is 0 Å². The smallest absolute Gasteiger partial charge is 0.337 e. The van der Waals surface area contributed by atoms with E-state index in [2.05, 4.69) is 10.1 Å². The Balaban J connectivity index is 1.58. The maximum Gasteiger partial charge on any atom is 0.337 e. The molecule has 0 atom stereocenters. The summed E-state index contributed by atoms with van der Waals surface area (Å²) in [6, 6.07) is 14.6. The average molecular weight is 323 g/mol. The van der Waals surface area contributed by atoms with Gasteiger partial charge in [-0.05, 0) is 30.2 Å². The number of hydrogen-bond acceptors (Lipinski definition) is 4. The molecule has 0 aliphatic rings. The zero-order valence-electron chi connectivity index (χ0n) is 13.2. The third-order valence-corrected chi connectivity index (χ3v) is 3.80. The van der Waals surface area contributed by atoms with E-state index in [0.29, 0.717) is 29.7 Å². The zero-order chi connectivity index (χ0) is 16.9. The molecule has 5 heteroatoms. The van der Waals surface area contributed by atoms with Gasteiger partial charge < -0.3 is 14.5 Å². The number of benzene rings is 2. The predicted molar refractivity (Wildman–Crippen MR) is 90.0 cm³/mol. The van der Waals surface area contributed by atoms with E-state index in [1.165, 1.54) is 13.4 Å². The highest BCUT2D eigenvalue weighted by Crippen LogP contribution is 2.20. The van der Waals surface area contributed by atoms with Crippen LogP contribution in [0.1, 0.15) is 26.3 Å². The van der Waals surface area contributed by atoms with Crippen molar-refractivity contribution in [2.75, 3.05) is 13.7 Å². The van der Waals surface area contributed by atoms with Crippen LogP contribution in [-0.4, -0.2) is 25.5 Å². The molecule has 0 saturated carbocycles. The van der Waals surface area contributed by atoms with Crippen molar-refractivity contribution in [1.29, 1.82) is 0 Å². The second kappa shape index (κ2) is 7.00. The summed E-state index contributed by atoms with van der Waals surface area (Å²) in [7, 11) is 1.35. The molecule has 3 rings (SSSR count). The molecular weight excluding hydrogens is 306 g/mol. The number of carbonyl (C=O) groups is 2. The number of para-hydroxylation sites is 1. The molecule has 122 valence electrons. The van der Waals surface area contributed by atoms with E-state index in [9.17, 15) is 9.59 Å². The first-order chi connectivity index (χ1) is 11.7. The van der Waals surface area contributed by atoms with Crippen LogP contribution >= 0.6 is 0 Å². The van der Waals surface area contributed by atoms with Crippen LogP contribution in [0.5, 0.6) is 0 Å². The summed E-state index contributed by atoms with van der Waals surface area (Å²) in [6.07, 6.45) is 2.15. The molecule has 1 aromatic heterocycles. The normalized spacial score (nSPS) is 10.5. The number of fused-ring (bicyclic) bond motifs is 1. The minimum absolute atomic E-state index is 0.161. The second-order valence-electron chi connectivity index (χ2n) is 5.34. The maximum atomic E-state index is 12.3. The van der Waals surface area contributed by atoms with Crippen molar-refractivity contribution in [3.8, 4) is 0 Å². The molecule has 1 N–H and O–H groups in total. The first kappa shape index (κ1) is 15.8. The number of hydrogen-bond donors (Lipinski definition) is 1. The minimum atomic E-state index is -0.360.